The molecular weight excluding hydrogens is 408 g/mol. The van der Waals surface area contributed by atoms with Crippen LogP contribution in [0.4, 0.5) is 0 Å². The molecule has 170 valence electrons. The van der Waals surface area contributed by atoms with Crippen LogP contribution in [0.1, 0.15) is 75.6 Å². The van der Waals surface area contributed by atoms with E-state index in [1.165, 1.54) is 0 Å². The smallest absolute Gasteiger partial charge is 0.320 e. The Balaban J connectivity index is 1.99. The van der Waals surface area contributed by atoms with Crippen LogP contribution in [0.2, 0.25) is 0 Å². The number of ether oxygens (including phenoxy) is 4. The molecule has 4 rings (SSSR count). The Morgan fingerprint density at radius 3 is 1.28 bits per heavy atom. The van der Waals surface area contributed by atoms with E-state index in [2.05, 4.69) is 0 Å². The van der Waals surface area contributed by atoms with Crippen molar-refractivity contribution in [3.8, 4) is 23.0 Å². The van der Waals surface area contributed by atoms with Crippen molar-refractivity contribution in [1.29, 1.82) is 0 Å². The molecular formula is C26H30O6. The lowest BCUT2D eigenvalue weighted by atomic mass is 9.73. The van der Waals surface area contributed by atoms with Crippen molar-refractivity contribution in [3.63, 3.8) is 0 Å². The highest BCUT2D eigenvalue weighted by molar-refractivity contribution is 5.98. The first-order valence-corrected chi connectivity index (χ1v) is 10.7. The second kappa shape index (κ2) is 7.26. The maximum atomic E-state index is 13.4. The summed E-state index contributed by atoms with van der Waals surface area (Å²) in [6.07, 6.45) is 0. The van der Waals surface area contributed by atoms with Crippen molar-refractivity contribution in [2.24, 2.45) is 0 Å². The van der Waals surface area contributed by atoms with E-state index in [1.54, 1.807) is 26.4 Å². The van der Waals surface area contributed by atoms with E-state index in [0.717, 1.165) is 11.1 Å². The van der Waals surface area contributed by atoms with E-state index in [-0.39, 0.29) is 10.8 Å². The van der Waals surface area contributed by atoms with Crippen LogP contribution in [-0.4, -0.2) is 26.2 Å². The van der Waals surface area contributed by atoms with Crippen LogP contribution in [0, 0.1) is 0 Å². The monoisotopic (exact) mass is 438 g/mol. The third-order valence-corrected chi connectivity index (χ3v) is 6.19. The average Bonchev–Trinajstić information content (AvgIpc) is 2.70. The number of esters is 2. The number of carbonyl (C=O) groups excluding carboxylic acids is 2. The van der Waals surface area contributed by atoms with Gasteiger partial charge in [0.2, 0.25) is 0 Å². The normalized spacial score (nSPS) is 19.9. The number of methoxy groups -OCH3 is 2. The zero-order valence-corrected chi connectivity index (χ0v) is 19.9. The molecule has 6 nitrogen and oxygen atoms in total. The molecule has 0 saturated carbocycles. The number of carbonyl (C=O) groups is 2. The summed E-state index contributed by atoms with van der Waals surface area (Å²) in [5.41, 5.74) is 2.16. The molecule has 32 heavy (non-hydrogen) atoms. The molecule has 0 N–H and O–H groups in total. The Kier molecular flexibility index (Phi) is 5.03. The summed E-state index contributed by atoms with van der Waals surface area (Å²) >= 11 is 0. The van der Waals surface area contributed by atoms with Crippen LogP contribution in [0.15, 0.2) is 24.3 Å². The van der Waals surface area contributed by atoms with Gasteiger partial charge in [-0.05, 0) is 35.1 Å². The fourth-order valence-corrected chi connectivity index (χ4v) is 4.50. The number of hydrogen-bond donors (Lipinski definition) is 0. The van der Waals surface area contributed by atoms with Crippen LogP contribution in [0.5, 0.6) is 23.0 Å². The highest BCUT2D eigenvalue weighted by Gasteiger charge is 2.51. The Labute approximate surface area is 188 Å². The van der Waals surface area contributed by atoms with Crippen molar-refractivity contribution >= 4 is 11.9 Å². The molecule has 2 heterocycles. The SMILES string of the molecule is COc1cc2c(c(C(C)(C)C)c1)OC(=O)C1c3cc(OC)cc(C(C)(C)C)c3OC(=O)C21. The van der Waals surface area contributed by atoms with Gasteiger partial charge in [-0.2, -0.15) is 0 Å². The van der Waals surface area contributed by atoms with Crippen LogP contribution in [-0.2, 0) is 20.4 Å². The summed E-state index contributed by atoms with van der Waals surface area (Å²) in [5.74, 6) is -0.541. The molecule has 2 atom stereocenters. The Bertz CT molecular complexity index is 1030. The van der Waals surface area contributed by atoms with Crippen molar-refractivity contribution in [3.05, 3.63) is 46.5 Å². The second-order valence-corrected chi connectivity index (χ2v) is 10.5. The van der Waals surface area contributed by atoms with Gasteiger partial charge in [0, 0.05) is 22.3 Å². The van der Waals surface area contributed by atoms with Crippen LogP contribution in [0.3, 0.4) is 0 Å². The van der Waals surface area contributed by atoms with Crippen molar-refractivity contribution in [2.45, 2.75) is 64.2 Å². The predicted octanol–water partition coefficient (Wildman–Crippen LogP) is 5.00. The molecule has 2 aromatic carbocycles. The summed E-state index contributed by atoms with van der Waals surface area (Å²) < 4.78 is 22.9. The van der Waals surface area contributed by atoms with Gasteiger partial charge < -0.3 is 18.9 Å². The third-order valence-electron chi connectivity index (χ3n) is 6.19. The lowest BCUT2D eigenvalue weighted by Gasteiger charge is -2.39. The Morgan fingerprint density at radius 1 is 0.656 bits per heavy atom. The Hall–Kier alpha value is -3.02. The number of rotatable bonds is 2. The number of hydrogen-bond acceptors (Lipinski definition) is 6. The van der Waals surface area contributed by atoms with Gasteiger partial charge in [-0.3, -0.25) is 9.59 Å². The minimum absolute atomic E-state index is 0.329. The van der Waals surface area contributed by atoms with Crippen LogP contribution in [0.25, 0.3) is 0 Å². The van der Waals surface area contributed by atoms with Crippen molar-refractivity contribution in [1.82, 2.24) is 0 Å². The fraction of sp³-hybridized carbons (Fsp3) is 0.462. The molecule has 0 fully saturated rings. The van der Waals surface area contributed by atoms with E-state index in [4.69, 9.17) is 18.9 Å². The molecule has 2 unspecified atom stereocenters. The highest BCUT2D eigenvalue weighted by Crippen LogP contribution is 2.54. The lowest BCUT2D eigenvalue weighted by Crippen LogP contribution is -2.40. The average molecular weight is 439 g/mol. The zero-order chi connectivity index (χ0) is 23.6. The van der Waals surface area contributed by atoms with Crippen molar-refractivity contribution < 1.29 is 28.5 Å². The largest absolute Gasteiger partial charge is 0.497 e. The van der Waals surface area contributed by atoms with Gasteiger partial charge in [0.25, 0.3) is 0 Å². The van der Waals surface area contributed by atoms with Crippen LogP contribution >= 0.6 is 0 Å². The first kappa shape index (κ1) is 22.2. The lowest BCUT2D eigenvalue weighted by molar-refractivity contribution is -0.147. The molecule has 2 aromatic rings. The summed E-state index contributed by atoms with van der Waals surface area (Å²) in [6.45, 7) is 12.1. The molecule has 2 aliphatic rings. The summed E-state index contributed by atoms with van der Waals surface area (Å²) in [7, 11) is 3.16. The molecule has 0 aromatic heterocycles. The van der Waals surface area contributed by atoms with Gasteiger partial charge in [-0.25, -0.2) is 0 Å². The maximum Gasteiger partial charge on any atom is 0.320 e. The predicted molar refractivity (Wildman–Crippen MR) is 120 cm³/mol. The minimum atomic E-state index is -0.824. The highest BCUT2D eigenvalue weighted by atomic mass is 16.6. The molecule has 0 aliphatic carbocycles. The van der Waals surface area contributed by atoms with E-state index in [9.17, 15) is 9.59 Å². The number of benzene rings is 2. The van der Waals surface area contributed by atoms with Crippen LogP contribution < -0.4 is 18.9 Å². The molecule has 0 amide bonds. The molecule has 6 heteroatoms. The topological polar surface area (TPSA) is 71.1 Å². The van der Waals surface area contributed by atoms with E-state index in [0.29, 0.717) is 34.1 Å². The standard InChI is InChI=1S/C26H30O6/c1-25(2,3)17-11-13(29-7)9-15-19-20(23(27)31-21(15)17)16-10-14(30-8)12-18(26(4,5)6)22(16)32-24(19)28/h9-12,19-20H,1-8H3. The second-order valence-electron chi connectivity index (χ2n) is 10.5. The quantitative estimate of drug-likeness (QED) is 0.485. The molecule has 0 radical (unpaired) electrons. The van der Waals surface area contributed by atoms with Gasteiger partial charge in [0.1, 0.15) is 34.8 Å². The van der Waals surface area contributed by atoms with E-state index >= 15 is 0 Å². The van der Waals surface area contributed by atoms with Crippen molar-refractivity contribution in [2.75, 3.05) is 14.2 Å². The Morgan fingerprint density at radius 2 is 1.00 bits per heavy atom. The summed E-state index contributed by atoms with van der Waals surface area (Å²) in [4.78, 5) is 26.8. The summed E-state index contributed by atoms with van der Waals surface area (Å²) in [6, 6.07) is 7.25. The number of fused-ring (bicyclic) bond motifs is 5. The van der Waals surface area contributed by atoms with Gasteiger partial charge in [-0.1, -0.05) is 41.5 Å². The van der Waals surface area contributed by atoms with E-state index < -0.39 is 23.8 Å². The fourth-order valence-electron chi connectivity index (χ4n) is 4.50. The van der Waals surface area contributed by atoms with E-state index in [1.807, 2.05) is 53.7 Å². The molecule has 0 saturated heterocycles. The van der Waals surface area contributed by atoms with Gasteiger partial charge in [0.05, 0.1) is 14.2 Å². The molecule has 2 aliphatic heterocycles. The molecule has 0 bridgehead atoms. The first-order chi connectivity index (χ1) is 14.9. The summed E-state index contributed by atoms with van der Waals surface area (Å²) in [5, 5.41) is 0. The maximum absolute atomic E-state index is 13.4. The van der Waals surface area contributed by atoms with Gasteiger partial charge >= 0.3 is 11.9 Å². The van der Waals surface area contributed by atoms with Gasteiger partial charge in [0.15, 0.2) is 0 Å². The molecule has 0 spiro atoms. The minimum Gasteiger partial charge on any atom is -0.497 e. The van der Waals surface area contributed by atoms with Gasteiger partial charge in [-0.15, -0.1) is 0 Å². The zero-order valence-electron chi connectivity index (χ0n) is 19.9. The first-order valence-electron chi connectivity index (χ1n) is 10.7. The third kappa shape index (κ3) is 3.42.